The summed E-state index contributed by atoms with van der Waals surface area (Å²) in [5.41, 5.74) is 1.14. The lowest BCUT2D eigenvalue weighted by Gasteiger charge is -2.23. The third-order valence-corrected chi connectivity index (χ3v) is 3.21. The van der Waals surface area contributed by atoms with E-state index in [1.54, 1.807) is 4.90 Å². The van der Waals surface area contributed by atoms with E-state index in [9.17, 15) is 4.79 Å². The van der Waals surface area contributed by atoms with Gasteiger partial charge in [0.05, 0.1) is 0 Å². The number of nitrogens with one attached hydrogen (secondary N) is 1. The Morgan fingerprint density at radius 1 is 1.47 bits per heavy atom. The van der Waals surface area contributed by atoms with E-state index < -0.39 is 0 Å². The van der Waals surface area contributed by atoms with Crippen LogP contribution < -0.4 is 5.32 Å². The van der Waals surface area contributed by atoms with E-state index in [1.165, 1.54) is 0 Å². The van der Waals surface area contributed by atoms with Gasteiger partial charge < -0.3 is 14.8 Å². The maximum absolute atomic E-state index is 12.0. The first-order valence-corrected chi connectivity index (χ1v) is 6.05. The maximum Gasteiger partial charge on any atom is 0.242 e. The van der Waals surface area contributed by atoms with Crippen molar-refractivity contribution in [3.8, 4) is 0 Å². The average Bonchev–Trinajstić information content (AvgIpc) is 2.74. The van der Waals surface area contributed by atoms with E-state index in [4.69, 9.17) is 0 Å². The lowest BCUT2D eigenvalue weighted by Crippen LogP contribution is -2.36. The zero-order chi connectivity index (χ0) is 13.0. The minimum absolute atomic E-state index is 0.140. The predicted molar refractivity (Wildman–Crippen MR) is 69.8 cm³/mol. The molecular weight excluding hydrogens is 214 g/mol. The third-order valence-electron chi connectivity index (χ3n) is 3.21. The minimum Gasteiger partial charge on any atom is -0.342 e. The molecule has 0 saturated carbocycles. The standard InChI is InChI=1S/C13H23N3O/c1-10(2)15(5)13(17)9-16-8-6-7-12(16)11(3)14-4/h6-8,10-11,14H,9H2,1-5H3. The molecule has 1 aromatic heterocycles. The van der Waals surface area contributed by atoms with E-state index in [2.05, 4.69) is 12.2 Å². The molecule has 0 aliphatic rings. The summed E-state index contributed by atoms with van der Waals surface area (Å²) in [6.45, 7) is 6.53. The smallest absolute Gasteiger partial charge is 0.242 e. The zero-order valence-electron chi connectivity index (χ0n) is 11.4. The first-order chi connectivity index (χ1) is 7.97. The van der Waals surface area contributed by atoms with Gasteiger partial charge >= 0.3 is 0 Å². The fourth-order valence-corrected chi connectivity index (χ4v) is 1.66. The highest BCUT2D eigenvalue weighted by Gasteiger charge is 2.15. The molecule has 0 bridgehead atoms. The number of carbonyl (C=O) groups is 1. The van der Waals surface area contributed by atoms with Crippen LogP contribution in [0.3, 0.4) is 0 Å². The molecule has 96 valence electrons. The normalized spacial score (nSPS) is 12.8. The third kappa shape index (κ3) is 3.33. The van der Waals surface area contributed by atoms with Crippen molar-refractivity contribution in [3.63, 3.8) is 0 Å². The Kier molecular flexibility index (Phi) is 4.75. The van der Waals surface area contributed by atoms with Gasteiger partial charge in [-0.15, -0.1) is 0 Å². The predicted octanol–water partition coefficient (Wildman–Crippen LogP) is 1.64. The van der Waals surface area contributed by atoms with Crippen LogP contribution in [0.15, 0.2) is 18.3 Å². The topological polar surface area (TPSA) is 37.3 Å². The van der Waals surface area contributed by atoms with Crippen LogP contribution in [-0.2, 0) is 11.3 Å². The lowest BCUT2D eigenvalue weighted by molar-refractivity contribution is -0.132. The van der Waals surface area contributed by atoms with Gasteiger partial charge in [-0.2, -0.15) is 0 Å². The number of nitrogens with zero attached hydrogens (tertiary/aromatic N) is 2. The Balaban J connectivity index is 2.75. The second kappa shape index (κ2) is 5.87. The van der Waals surface area contributed by atoms with E-state index >= 15 is 0 Å². The summed E-state index contributed by atoms with van der Waals surface area (Å²) < 4.78 is 2.00. The van der Waals surface area contributed by atoms with Crippen LogP contribution in [0.2, 0.25) is 0 Å². The molecule has 1 atom stereocenters. The molecule has 4 nitrogen and oxygen atoms in total. The molecule has 0 aromatic carbocycles. The number of aromatic nitrogens is 1. The molecule has 1 aromatic rings. The molecule has 4 heteroatoms. The number of hydrogen-bond acceptors (Lipinski definition) is 2. The SMILES string of the molecule is CNC(C)c1cccn1CC(=O)N(C)C(C)C. The molecule has 0 radical (unpaired) electrons. The van der Waals surface area contributed by atoms with Crippen molar-refractivity contribution in [1.82, 2.24) is 14.8 Å². The van der Waals surface area contributed by atoms with E-state index in [-0.39, 0.29) is 18.0 Å². The van der Waals surface area contributed by atoms with Crippen LogP contribution in [-0.4, -0.2) is 35.5 Å². The minimum atomic E-state index is 0.140. The molecule has 17 heavy (non-hydrogen) atoms. The number of hydrogen-bond donors (Lipinski definition) is 1. The molecule has 0 saturated heterocycles. The van der Waals surface area contributed by atoms with Gasteiger partial charge in [-0.05, 0) is 40.0 Å². The highest BCUT2D eigenvalue weighted by Crippen LogP contribution is 2.13. The molecule has 0 aliphatic carbocycles. The number of rotatable bonds is 5. The summed E-state index contributed by atoms with van der Waals surface area (Å²) in [6, 6.07) is 4.51. The van der Waals surface area contributed by atoms with E-state index in [0.29, 0.717) is 6.54 Å². The molecule has 0 aliphatic heterocycles. The van der Waals surface area contributed by atoms with Gasteiger partial charge in [-0.25, -0.2) is 0 Å². The monoisotopic (exact) mass is 237 g/mol. The molecule has 1 heterocycles. The fourth-order valence-electron chi connectivity index (χ4n) is 1.66. The molecule has 1 rings (SSSR count). The Hall–Kier alpha value is -1.29. The number of amides is 1. The van der Waals surface area contributed by atoms with Crippen LogP contribution in [0.4, 0.5) is 0 Å². The van der Waals surface area contributed by atoms with Crippen molar-refractivity contribution in [3.05, 3.63) is 24.0 Å². The van der Waals surface area contributed by atoms with Crippen LogP contribution >= 0.6 is 0 Å². The van der Waals surface area contributed by atoms with Crippen molar-refractivity contribution < 1.29 is 4.79 Å². The molecule has 1 amide bonds. The van der Waals surface area contributed by atoms with Crippen LogP contribution in [0, 0.1) is 0 Å². The van der Waals surface area contributed by atoms with Crippen molar-refractivity contribution in [2.45, 2.75) is 39.4 Å². The van der Waals surface area contributed by atoms with Gasteiger partial charge in [0.1, 0.15) is 6.54 Å². The fraction of sp³-hybridized carbons (Fsp3) is 0.615. The van der Waals surface area contributed by atoms with Crippen LogP contribution in [0.1, 0.15) is 32.5 Å². The summed E-state index contributed by atoms with van der Waals surface area (Å²) in [5, 5.41) is 3.19. The maximum atomic E-state index is 12.0. The van der Waals surface area contributed by atoms with Gasteiger partial charge in [-0.1, -0.05) is 0 Å². The Bertz CT molecular complexity index is 370. The second-order valence-electron chi connectivity index (χ2n) is 4.67. The van der Waals surface area contributed by atoms with Gasteiger partial charge in [-0.3, -0.25) is 4.79 Å². The zero-order valence-corrected chi connectivity index (χ0v) is 11.4. The Morgan fingerprint density at radius 3 is 2.65 bits per heavy atom. The quantitative estimate of drug-likeness (QED) is 0.845. The highest BCUT2D eigenvalue weighted by atomic mass is 16.2. The summed E-state index contributed by atoms with van der Waals surface area (Å²) in [4.78, 5) is 13.8. The Labute approximate surface area is 104 Å². The number of likely N-dealkylation sites (N-methyl/N-ethyl adjacent to an activating group) is 1. The average molecular weight is 237 g/mol. The summed E-state index contributed by atoms with van der Waals surface area (Å²) >= 11 is 0. The molecule has 1 N–H and O–H groups in total. The first kappa shape index (κ1) is 13.8. The van der Waals surface area contributed by atoms with Gasteiger partial charge in [0.15, 0.2) is 0 Å². The van der Waals surface area contributed by atoms with E-state index in [0.717, 1.165) is 5.69 Å². The van der Waals surface area contributed by atoms with Crippen molar-refractivity contribution in [1.29, 1.82) is 0 Å². The van der Waals surface area contributed by atoms with Crippen LogP contribution in [0.25, 0.3) is 0 Å². The molecule has 1 unspecified atom stereocenters. The van der Waals surface area contributed by atoms with Crippen molar-refractivity contribution in [2.75, 3.05) is 14.1 Å². The highest BCUT2D eigenvalue weighted by molar-refractivity contribution is 5.76. The molecule has 0 fully saturated rings. The summed E-state index contributed by atoms with van der Waals surface area (Å²) in [6.07, 6.45) is 1.95. The van der Waals surface area contributed by atoms with Gasteiger partial charge in [0, 0.05) is 31.0 Å². The van der Waals surface area contributed by atoms with Crippen LogP contribution in [0.5, 0.6) is 0 Å². The van der Waals surface area contributed by atoms with Gasteiger partial charge in [0.25, 0.3) is 0 Å². The molecule has 0 spiro atoms. The van der Waals surface area contributed by atoms with Crippen molar-refractivity contribution in [2.24, 2.45) is 0 Å². The van der Waals surface area contributed by atoms with E-state index in [1.807, 2.05) is 50.8 Å². The van der Waals surface area contributed by atoms with Crippen molar-refractivity contribution >= 4 is 5.91 Å². The largest absolute Gasteiger partial charge is 0.342 e. The summed E-state index contributed by atoms with van der Waals surface area (Å²) in [7, 11) is 3.77. The number of carbonyl (C=O) groups excluding carboxylic acids is 1. The Morgan fingerprint density at radius 2 is 2.12 bits per heavy atom. The summed E-state index contributed by atoms with van der Waals surface area (Å²) in [5.74, 6) is 0.140. The molecular formula is C13H23N3O. The first-order valence-electron chi connectivity index (χ1n) is 6.05. The second-order valence-corrected chi connectivity index (χ2v) is 4.67. The lowest BCUT2D eigenvalue weighted by atomic mass is 10.2. The van der Waals surface area contributed by atoms with Gasteiger partial charge in [0.2, 0.25) is 5.91 Å².